The van der Waals surface area contributed by atoms with Crippen molar-refractivity contribution >= 4 is 27.4 Å². The van der Waals surface area contributed by atoms with Gasteiger partial charge in [-0.1, -0.05) is 73.3 Å². The van der Waals surface area contributed by atoms with E-state index in [2.05, 4.69) is 83.9 Å². The van der Waals surface area contributed by atoms with E-state index in [0.717, 1.165) is 13.0 Å². The summed E-state index contributed by atoms with van der Waals surface area (Å²) in [5.41, 5.74) is 5.02. The first kappa shape index (κ1) is 13.8. The van der Waals surface area contributed by atoms with E-state index < -0.39 is 0 Å². The van der Waals surface area contributed by atoms with Crippen molar-refractivity contribution in [2.45, 2.75) is 13.0 Å². The Labute approximate surface area is 136 Å². The molecule has 0 N–H and O–H groups in total. The lowest BCUT2D eigenvalue weighted by Crippen LogP contribution is -1.98. The van der Waals surface area contributed by atoms with E-state index in [1.807, 2.05) is 6.07 Å². The average Bonchev–Trinajstić information content (AvgIpc) is 2.94. The van der Waals surface area contributed by atoms with Crippen LogP contribution in [0.3, 0.4) is 0 Å². The standard InChI is InChI=1S/C22H19N/c1-17(18-9-3-2-4-10-18)15-16-23-21-13-7-5-11-19(21)20-12-6-8-14-22(20)23/h2-14H,1,15-16H2. The van der Waals surface area contributed by atoms with Crippen LogP contribution in [0.15, 0.2) is 85.4 Å². The highest BCUT2D eigenvalue weighted by atomic mass is 15.0. The van der Waals surface area contributed by atoms with E-state index in [-0.39, 0.29) is 0 Å². The molecule has 0 atom stereocenters. The van der Waals surface area contributed by atoms with Gasteiger partial charge in [0.05, 0.1) is 0 Å². The first-order chi connectivity index (χ1) is 11.3. The number of nitrogens with zero attached hydrogens (tertiary/aromatic N) is 1. The average molecular weight is 297 g/mol. The summed E-state index contributed by atoms with van der Waals surface area (Å²) in [6.45, 7) is 5.22. The molecule has 0 radical (unpaired) electrons. The molecular weight excluding hydrogens is 278 g/mol. The maximum Gasteiger partial charge on any atom is 0.0491 e. The lowest BCUT2D eigenvalue weighted by molar-refractivity contribution is 0.771. The van der Waals surface area contributed by atoms with Gasteiger partial charge in [0.25, 0.3) is 0 Å². The molecule has 112 valence electrons. The molecule has 4 aromatic rings. The fourth-order valence-corrected chi connectivity index (χ4v) is 3.31. The van der Waals surface area contributed by atoms with Crippen molar-refractivity contribution in [2.75, 3.05) is 0 Å². The summed E-state index contributed by atoms with van der Waals surface area (Å²) in [6.07, 6.45) is 0.951. The number of rotatable bonds is 4. The molecule has 3 aromatic carbocycles. The van der Waals surface area contributed by atoms with Gasteiger partial charge in [-0.15, -0.1) is 0 Å². The molecule has 0 spiro atoms. The van der Waals surface area contributed by atoms with Crippen molar-refractivity contribution in [1.82, 2.24) is 4.57 Å². The Morgan fingerprint density at radius 3 is 1.83 bits per heavy atom. The number of para-hydroxylation sites is 2. The largest absolute Gasteiger partial charge is 0.340 e. The molecule has 1 aromatic heterocycles. The first-order valence-electron chi connectivity index (χ1n) is 8.04. The lowest BCUT2D eigenvalue weighted by atomic mass is 10.0. The topological polar surface area (TPSA) is 4.93 Å². The van der Waals surface area contributed by atoms with Gasteiger partial charge in [-0.2, -0.15) is 0 Å². The van der Waals surface area contributed by atoms with Gasteiger partial charge in [0.15, 0.2) is 0 Å². The highest BCUT2D eigenvalue weighted by Crippen LogP contribution is 2.29. The van der Waals surface area contributed by atoms with Crippen molar-refractivity contribution < 1.29 is 0 Å². The maximum atomic E-state index is 4.27. The molecule has 0 bridgehead atoms. The SMILES string of the molecule is C=C(CCn1c2ccccc2c2ccccc21)c1ccccc1. The van der Waals surface area contributed by atoms with Gasteiger partial charge in [0.2, 0.25) is 0 Å². The van der Waals surface area contributed by atoms with E-state index in [0.29, 0.717) is 0 Å². The molecule has 4 rings (SSSR count). The second-order valence-corrected chi connectivity index (χ2v) is 5.91. The van der Waals surface area contributed by atoms with Gasteiger partial charge < -0.3 is 4.57 Å². The van der Waals surface area contributed by atoms with Crippen molar-refractivity contribution in [3.8, 4) is 0 Å². The fraction of sp³-hybridized carbons (Fsp3) is 0.0909. The van der Waals surface area contributed by atoms with Crippen molar-refractivity contribution in [3.05, 3.63) is 91.0 Å². The maximum absolute atomic E-state index is 4.27. The Kier molecular flexibility index (Phi) is 3.47. The summed E-state index contributed by atoms with van der Waals surface area (Å²) in [5.74, 6) is 0. The third-order valence-electron chi connectivity index (χ3n) is 4.50. The predicted molar refractivity (Wildman–Crippen MR) is 99.5 cm³/mol. The molecule has 0 saturated carbocycles. The van der Waals surface area contributed by atoms with E-state index in [1.54, 1.807) is 0 Å². The second-order valence-electron chi connectivity index (χ2n) is 5.91. The summed E-state index contributed by atoms with van der Waals surface area (Å²) in [6, 6.07) is 27.7. The molecule has 0 saturated heterocycles. The minimum atomic E-state index is 0.946. The number of hydrogen-bond donors (Lipinski definition) is 0. The fourth-order valence-electron chi connectivity index (χ4n) is 3.31. The van der Waals surface area contributed by atoms with Crippen molar-refractivity contribution in [2.24, 2.45) is 0 Å². The lowest BCUT2D eigenvalue weighted by Gasteiger charge is -2.10. The Bertz CT molecular complexity index is 923. The van der Waals surface area contributed by atoms with Gasteiger partial charge in [0.1, 0.15) is 0 Å². The Morgan fingerprint density at radius 2 is 1.22 bits per heavy atom. The molecule has 0 aliphatic rings. The van der Waals surface area contributed by atoms with Crippen LogP contribution in [0.2, 0.25) is 0 Å². The molecule has 0 aliphatic carbocycles. The first-order valence-corrected chi connectivity index (χ1v) is 8.04. The highest BCUT2D eigenvalue weighted by molar-refractivity contribution is 6.07. The second kappa shape index (κ2) is 5.77. The number of hydrogen-bond acceptors (Lipinski definition) is 0. The summed E-state index contributed by atoms with van der Waals surface area (Å²) >= 11 is 0. The zero-order valence-corrected chi connectivity index (χ0v) is 13.1. The van der Waals surface area contributed by atoms with Gasteiger partial charge in [-0.25, -0.2) is 0 Å². The molecule has 1 nitrogen and oxygen atoms in total. The third kappa shape index (κ3) is 2.44. The monoisotopic (exact) mass is 297 g/mol. The zero-order chi connectivity index (χ0) is 15.6. The summed E-state index contributed by atoms with van der Waals surface area (Å²) < 4.78 is 2.42. The Morgan fingerprint density at radius 1 is 0.696 bits per heavy atom. The summed E-state index contributed by atoms with van der Waals surface area (Å²) in [7, 11) is 0. The van der Waals surface area contributed by atoms with Crippen LogP contribution in [0, 0.1) is 0 Å². The molecule has 0 amide bonds. The highest BCUT2D eigenvalue weighted by Gasteiger charge is 2.09. The Balaban J connectivity index is 1.72. The number of allylic oxidation sites excluding steroid dienone is 1. The van der Waals surface area contributed by atoms with Gasteiger partial charge in [-0.05, 0) is 29.7 Å². The quantitative estimate of drug-likeness (QED) is 0.442. The van der Waals surface area contributed by atoms with Crippen LogP contribution in [0.1, 0.15) is 12.0 Å². The molecule has 1 heteroatoms. The van der Waals surface area contributed by atoms with Crippen LogP contribution in [0.4, 0.5) is 0 Å². The van der Waals surface area contributed by atoms with Crippen LogP contribution < -0.4 is 0 Å². The van der Waals surface area contributed by atoms with E-state index in [1.165, 1.54) is 32.9 Å². The van der Waals surface area contributed by atoms with Crippen LogP contribution in [-0.2, 0) is 6.54 Å². The van der Waals surface area contributed by atoms with Crippen LogP contribution >= 0.6 is 0 Å². The smallest absolute Gasteiger partial charge is 0.0491 e. The molecule has 23 heavy (non-hydrogen) atoms. The zero-order valence-electron chi connectivity index (χ0n) is 13.1. The van der Waals surface area contributed by atoms with Crippen molar-refractivity contribution in [3.63, 3.8) is 0 Å². The third-order valence-corrected chi connectivity index (χ3v) is 4.50. The molecule has 0 unspecified atom stereocenters. The van der Waals surface area contributed by atoms with Crippen LogP contribution in [0.25, 0.3) is 27.4 Å². The van der Waals surface area contributed by atoms with Crippen LogP contribution in [-0.4, -0.2) is 4.57 Å². The van der Waals surface area contributed by atoms with Crippen molar-refractivity contribution in [1.29, 1.82) is 0 Å². The minimum absolute atomic E-state index is 0.946. The molecule has 0 fully saturated rings. The molecule has 0 aliphatic heterocycles. The molecule has 1 heterocycles. The van der Waals surface area contributed by atoms with E-state index in [4.69, 9.17) is 0 Å². The molecular formula is C22H19N. The normalized spacial score (nSPS) is 11.1. The van der Waals surface area contributed by atoms with E-state index >= 15 is 0 Å². The Hall–Kier alpha value is -2.80. The minimum Gasteiger partial charge on any atom is -0.340 e. The van der Waals surface area contributed by atoms with Gasteiger partial charge in [-0.3, -0.25) is 0 Å². The number of fused-ring (bicyclic) bond motifs is 3. The van der Waals surface area contributed by atoms with Gasteiger partial charge in [0, 0.05) is 28.4 Å². The number of benzene rings is 3. The number of aromatic nitrogens is 1. The summed E-state index contributed by atoms with van der Waals surface area (Å²) in [4.78, 5) is 0. The summed E-state index contributed by atoms with van der Waals surface area (Å²) in [5, 5.41) is 2.65. The van der Waals surface area contributed by atoms with E-state index in [9.17, 15) is 0 Å². The number of aryl methyl sites for hydroxylation is 1. The van der Waals surface area contributed by atoms with Gasteiger partial charge >= 0.3 is 0 Å². The van der Waals surface area contributed by atoms with Crippen LogP contribution in [0.5, 0.6) is 0 Å². The predicted octanol–water partition coefficient (Wildman–Crippen LogP) is 5.90.